The van der Waals surface area contributed by atoms with Crippen LogP contribution in [0.5, 0.6) is 11.8 Å². The van der Waals surface area contributed by atoms with E-state index in [9.17, 15) is 4.79 Å². The van der Waals surface area contributed by atoms with Crippen LogP contribution in [0.4, 0.5) is 5.69 Å². The number of hydrogen-bond acceptors (Lipinski definition) is 6. The largest absolute Gasteiger partial charge is 0.481 e. The van der Waals surface area contributed by atoms with Gasteiger partial charge < -0.3 is 14.8 Å². The molecule has 3 heterocycles. The summed E-state index contributed by atoms with van der Waals surface area (Å²) in [7, 11) is 1.57. The number of anilines is 1. The van der Waals surface area contributed by atoms with Gasteiger partial charge in [-0.15, -0.1) is 0 Å². The number of methoxy groups -OCH3 is 1. The van der Waals surface area contributed by atoms with E-state index in [4.69, 9.17) is 9.47 Å². The summed E-state index contributed by atoms with van der Waals surface area (Å²) in [6.45, 7) is 4.96. The number of likely N-dealkylation sites (tertiary alicyclic amines) is 1. The Hall–Kier alpha value is -2.67. The number of rotatable bonds is 7. The molecule has 0 saturated carbocycles. The molecule has 1 aliphatic rings. The molecule has 0 spiro atoms. The second kappa shape index (κ2) is 9.32. The van der Waals surface area contributed by atoms with Gasteiger partial charge in [-0.25, -0.2) is 9.97 Å². The quantitative estimate of drug-likeness (QED) is 0.808. The van der Waals surface area contributed by atoms with Crippen molar-refractivity contribution in [1.29, 1.82) is 0 Å². The van der Waals surface area contributed by atoms with Crippen LogP contribution >= 0.6 is 0 Å². The molecule has 3 rings (SSSR count). The minimum atomic E-state index is -0.0481. The first-order valence-electron chi connectivity index (χ1n) is 9.29. The molecule has 1 N–H and O–H groups in total. The number of carbonyl (C=O) groups is 1. The number of hydrogen-bond donors (Lipinski definition) is 1. The SMILES string of the molecule is CCOc1ncccc1CN1CCCC(C(=O)Nc2ccc(OC)nc2)C1. The average Bonchev–Trinajstić information content (AvgIpc) is 2.70. The first-order chi connectivity index (χ1) is 13.2. The number of carbonyl (C=O) groups excluding carboxylic acids is 1. The van der Waals surface area contributed by atoms with Crippen LogP contribution in [0.3, 0.4) is 0 Å². The predicted molar refractivity (Wildman–Crippen MR) is 103 cm³/mol. The third-order valence-electron chi connectivity index (χ3n) is 4.61. The lowest BCUT2D eigenvalue weighted by molar-refractivity contribution is -0.121. The van der Waals surface area contributed by atoms with Crippen molar-refractivity contribution in [3.05, 3.63) is 42.2 Å². The van der Waals surface area contributed by atoms with Crippen LogP contribution in [0.2, 0.25) is 0 Å². The van der Waals surface area contributed by atoms with Gasteiger partial charge in [-0.2, -0.15) is 0 Å². The second-order valence-electron chi connectivity index (χ2n) is 6.55. The van der Waals surface area contributed by atoms with Crippen LogP contribution in [0, 0.1) is 5.92 Å². The molecule has 144 valence electrons. The van der Waals surface area contributed by atoms with E-state index >= 15 is 0 Å². The second-order valence-corrected chi connectivity index (χ2v) is 6.55. The van der Waals surface area contributed by atoms with Gasteiger partial charge in [0.2, 0.25) is 17.7 Å². The Morgan fingerprint density at radius 2 is 2.22 bits per heavy atom. The molecule has 0 bridgehead atoms. The molecule has 1 atom stereocenters. The third kappa shape index (κ3) is 5.17. The van der Waals surface area contributed by atoms with Crippen LogP contribution in [-0.4, -0.2) is 47.6 Å². The first kappa shape index (κ1) is 19.1. The van der Waals surface area contributed by atoms with Gasteiger partial charge in [0.25, 0.3) is 0 Å². The van der Waals surface area contributed by atoms with Crippen molar-refractivity contribution in [2.45, 2.75) is 26.3 Å². The monoisotopic (exact) mass is 370 g/mol. The zero-order chi connectivity index (χ0) is 19.1. The lowest BCUT2D eigenvalue weighted by Gasteiger charge is -2.32. The van der Waals surface area contributed by atoms with Gasteiger partial charge in [-0.05, 0) is 38.4 Å². The van der Waals surface area contributed by atoms with Crippen molar-refractivity contribution in [2.75, 3.05) is 32.1 Å². The highest BCUT2D eigenvalue weighted by atomic mass is 16.5. The van der Waals surface area contributed by atoms with Crippen LogP contribution in [-0.2, 0) is 11.3 Å². The van der Waals surface area contributed by atoms with Crippen molar-refractivity contribution in [3.8, 4) is 11.8 Å². The molecule has 7 nitrogen and oxygen atoms in total. The van der Waals surface area contributed by atoms with Crippen LogP contribution < -0.4 is 14.8 Å². The third-order valence-corrected chi connectivity index (χ3v) is 4.61. The van der Waals surface area contributed by atoms with Gasteiger partial charge in [0.1, 0.15) is 0 Å². The maximum absolute atomic E-state index is 12.7. The molecule has 2 aromatic heterocycles. The van der Waals surface area contributed by atoms with E-state index in [0.29, 0.717) is 24.1 Å². The number of amides is 1. The van der Waals surface area contributed by atoms with E-state index in [2.05, 4.69) is 20.2 Å². The predicted octanol–water partition coefficient (Wildman–Crippen LogP) is 2.73. The Kier molecular flexibility index (Phi) is 6.59. The molecule has 1 fully saturated rings. The van der Waals surface area contributed by atoms with E-state index in [1.165, 1.54) is 0 Å². The lowest BCUT2D eigenvalue weighted by Crippen LogP contribution is -2.40. The molecule has 27 heavy (non-hydrogen) atoms. The summed E-state index contributed by atoms with van der Waals surface area (Å²) in [5, 5.41) is 2.96. The van der Waals surface area contributed by atoms with Gasteiger partial charge in [0, 0.05) is 30.9 Å². The standard InChI is InChI=1S/C20H26N4O3/c1-3-27-20-16(6-4-10-21-20)14-24-11-5-7-15(13-24)19(25)23-17-8-9-18(26-2)22-12-17/h4,6,8-10,12,15H,3,5,7,11,13-14H2,1-2H3,(H,23,25). The zero-order valence-electron chi connectivity index (χ0n) is 15.9. The molecule has 1 aliphatic heterocycles. The molecule has 7 heteroatoms. The average molecular weight is 370 g/mol. The summed E-state index contributed by atoms with van der Waals surface area (Å²) in [5.74, 6) is 1.19. The fourth-order valence-corrected chi connectivity index (χ4v) is 3.28. The number of piperidine rings is 1. The van der Waals surface area contributed by atoms with E-state index in [-0.39, 0.29) is 11.8 Å². The van der Waals surface area contributed by atoms with Crippen molar-refractivity contribution in [1.82, 2.24) is 14.9 Å². The molecule has 2 aromatic rings. The van der Waals surface area contributed by atoms with E-state index in [1.807, 2.05) is 19.1 Å². The topological polar surface area (TPSA) is 76.6 Å². The van der Waals surface area contributed by atoms with Gasteiger partial charge in [-0.1, -0.05) is 6.07 Å². The summed E-state index contributed by atoms with van der Waals surface area (Å²) >= 11 is 0. The molecule has 1 amide bonds. The zero-order valence-corrected chi connectivity index (χ0v) is 15.9. The first-order valence-corrected chi connectivity index (χ1v) is 9.29. The summed E-state index contributed by atoms with van der Waals surface area (Å²) in [4.78, 5) is 23.4. The molecule has 1 saturated heterocycles. The summed E-state index contributed by atoms with van der Waals surface area (Å²) in [6.07, 6.45) is 5.23. The minimum absolute atomic E-state index is 0.0304. The number of nitrogens with zero attached hydrogens (tertiary/aromatic N) is 3. The maximum atomic E-state index is 12.7. The van der Waals surface area contributed by atoms with Crippen molar-refractivity contribution < 1.29 is 14.3 Å². The minimum Gasteiger partial charge on any atom is -0.481 e. The number of ether oxygens (including phenoxy) is 2. The Morgan fingerprint density at radius 3 is 2.96 bits per heavy atom. The van der Waals surface area contributed by atoms with Gasteiger partial charge in [0.15, 0.2) is 0 Å². The van der Waals surface area contributed by atoms with Gasteiger partial charge in [0.05, 0.1) is 31.5 Å². The summed E-state index contributed by atoms with van der Waals surface area (Å²) < 4.78 is 10.7. The highest BCUT2D eigenvalue weighted by Gasteiger charge is 2.26. The van der Waals surface area contributed by atoms with E-state index in [1.54, 1.807) is 31.6 Å². The van der Waals surface area contributed by atoms with Crippen molar-refractivity contribution in [2.24, 2.45) is 5.92 Å². The van der Waals surface area contributed by atoms with Crippen LogP contribution in [0.15, 0.2) is 36.7 Å². The number of nitrogens with one attached hydrogen (secondary N) is 1. The Labute approximate surface area is 159 Å². The van der Waals surface area contributed by atoms with Gasteiger partial charge >= 0.3 is 0 Å². The van der Waals surface area contributed by atoms with E-state index in [0.717, 1.165) is 38.0 Å². The fraction of sp³-hybridized carbons (Fsp3) is 0.450. The lowest BCUT2D eigenvalue weighted by atomic mass is 9.96. The van der Waals surface area contributed by atoms with Crippen molar-refractivity contribution in [3.63, 3.8) is 0 Å². The number of pyridine rings is 2. The molecular weight excluding hydrogens is 344 g/mol. The van der Waals surface area contributed by atoms with Crippen LogP contribution in [0.25, 0.3) is 0 Å². The molecular formula is C20H26N4O3. The summed E-state index contributed by atoms with van der Waals surface area (Å²) in [6, 6.07) is 7.49. The fourth-order valence-electron chi connectivity index (χ4n) is 3.28. The van der Waals surface area contributed by atoms with Gasteiger partial charge in [-0.3, -0.25) is 9.69 Å². The summed E-state index contributed by atoms with van der Waals surface area (Å²) in [5.41, 5.74) is 1.74. The Balaban J connectivity index is 1.59. The molecule has 0 aliphatic carbocycles. The Morgan fingerprint density at radius 1 is 1.33 bits per heavy atom. The smallest absolute Gasteiger partial charge is 0.228 e. The van der Waals surface area contributed by atoms with Crippen molar-refractivity contribution >= 4 is 11.6 Å². The number of aromatic nitrogens is 2. The molecule has 1 unspecified atom stereocenters. The highest BCUT2D eigenvalue weighted by molar-refractivity contribution is 5.92. The van der Waals surface area contributed by atoms with E-state index < -0.39 is 0 Å². The molecule has 0 aromatic carbocycles. The highest BCUT2D eigenvalue weighted by Crippen LogP contribution is 2.23. The maximum Gasteiger partial charge on any atom is 0.228 e. The molecule has 0 radical (unpaired) electrons. The Bertz CT molecular complexity index is 751. The normalized spacial score (nSPS) is 17.3. The van der Waals surface area contributed by atoms with Crippen LogP contribution in [0.1, 0.15) is 25.3 Å².